The van der Waals surface area contributed by atoms with Crippen molar-refractivity contribution in [1.82, 2.24) is 9.88 Å². The number of pyridine rings is 1. The molecule has 5 nitrogen and oxygen atoms in total. The van der Waals surface area contributed by atoms with E-state index in [1.54, 1.807) is 0 Å². The zero-order valence-electron chi connectivity index (χ0n) is 11.1. The van der Waals surface area contributed by atoms with Gasteiger partial charge >= 0.3 is 0 Å². The Morgan fingerprint density at radius 2 is 2.33 bits per heavy atom. The minimum absolute atomic E-state index is 0.0211. The van der Waals surface area contributed by atoms with Gasteiger partial charge in [-0.2, -0.15) is 0 Å². The van der Waals surface area contributed by atoms with Crippen molar-refractivity contribution in [2.75, 3.05) is 32.1 Å². The molecule has 2 rings (SSSR count). The van der Waals surface area contributed by atoms with Gasteiger partial charge in [0.2, 0.25) is 0 Å². The third-order valence-corrected chi connectivity index (χ3v) is 3.31. The molecular weight excluding hydrogens is 226 g/mol. The third kappa shape index (κ3) is 2.79. The molecule has 0 aliphatic carbocycles. The van der Waals surface area contributed by atoms with Crippen molar-refractivity contribution in [3.8, 4) is 0 Å². The molecule has 2 heterocycles. The van der Waals surface area contributed by atoms with Crippen LogP contribution in [0.1, 0.15) is 18.5 Å². The molecule has 1 aliphatic rings. The second-order valence-corrected chi connectivity index (χ2v) is 5.07. The first-order valence-corrected chi connectivity index (χ1v) is 6.30. The topological polar surface area (TPSA) is 69.2 Å². The summed E-state index contributed by atoms with van der Waals surface area (Å²) in [6, 6.07) is 4.39. The number of anilines is 1. The number of hydrogen-bond donors (Lipinski definition) is 2. The molecule has 1 unspecified atom stereocenters. The molecule has 5 heteroatoms. The van der Waals surface area contributed by atoms with Gasteiger partial charge in [0.25, 0.3) is 0 Å². The van der Waals surface area contributed by atoms with E-state index in [2.05, 4.69) is 28.9 Å². The van der Waals surface area contributed by atoms with Gasteiger partial charge in [-0.15, -0.1) is 0 Å². The molecule has 1 aromatic rings. The van der Waals surface area contributed by atoms with Crippen LogP contribution in [0.4, 0.5) is 5.69 Å². The highest BCUT2D eigenvalue weighted by Crippen LogP contribution is 2.25. The second-order valence-electron chi connectivity index (χ2n) is 5.07. The minimum atomic E-state index is 0.0211. The van der Waals surface area contributed by atoms with Crippen LogP contribution in [0.2, 0.25) is 0 Å². The molecule has 0 radical (unpaired) electrons. The lowest BCUT2D eigenvalue weighted by Crippen LogP contribution is -2.37. The molecule has 0 amide bonds. The van der Waals surface area contributed by atoms with Crippen LogP contribution in [-0.4, -0.2) is 48.9 Å². The summed E-state index contributed by atoms with van der Waals surface area (Å²) in [5.74, 6) is 0.0211. The molecule has 1 aromatic heterocycles. The zero-order chi connectivity index (χ0) is 13.1. The Hall–Kier alpha value is -1.62. The predicted molar refractivity (Wildman–Crippen MR) is 74.2 cm³/mol. The van der Waals surface area contributed by atoms with Crippen molar-refractivity contribution in [3.63, 3.8) is 0 Å². The monoisotopic (exact) mass is 247 g/mol. The van der Waals surface area contributed by atoms with Crippen LogP contribution in [0.3, 0.4) is 0 Å². The highest BCUT2D eigenvalue weighted by molar-refractivity contribution is 5.93. The van der Waals surface area contributed by atoms with Crippen LogP contribution in [0.5, 0.6) is 0 Å². The van der Waals surface area contributed by atoms with Gasteiger partial charge in [0.1, 0.15) is 11.5 Å². The molecule has 1 fully saturated rings. The number of nitrogen functional groups attached to an aromatic ring is 1. The summed E-state index contributed by atoms with van der Waals surface area (Å²) in [4.78, 5) is 8.85. The Labute approximate surface area is 108 Å². The fourth-order valence-corrected chi connectivity index (χ4v) is 2.50. The van der Waals surface area contributed by atoms with Gasteiger partial charge in [0, 0.05) is 19.1 Å². The summed E-state index contributed by atoms with van der Waals surface area (Å²) >= 11 is 0. The third-order valence-electron chi connectivity index (χ3n) is 3.31. The van der Waals surface area contributed by atoms with Crippen molar-refractivity contribution < 1.29 is 0 Å². The maximum atomic E-state index is 7.34. The van der Waals surface area contributed by atoms with Gasteiger partial charge in [-0.1, -0.05) is 0 Å². The molecule has 1 saturated heterocycles. The van der Waals surface area contributed by atoms with E-state index < -0.39 is 0 Å². The number of nitrogens with one attached hydrogen (secondary N) is 1. The summed E-state index contributed by atoms with van der Waals surface area (Å²) in [6.07, 6.45) is 4.28. The lowest BCUT2D eigenvalue weighted by Gasteiger charge is -2.28. The van der Waals surface area contributed by atoms with Crippen LogP contribution in [0.25, 0.3) is 0 Å². The van der Waals surface area contributed by atoms with Crippen LogP contribution < -0.4 is 10.6 Å². The fourth-order valence-electron chi connectivity index (χ4n) is 2.50. The van der Waals surface area contributed by atoms with E-state index in [9.17, 15) is 0 Å². The van der Waals surface area contributed by atoms with Crippen LogP contribution >= 0.6 is 0 Å². The minimum Gasteiger partial charge on any atom is -0.382 e. The standard InChI is InChI=1S/C13H21N5/c1-17(2)9-11-4-3-7-18(11)10-5-6-12(13(14)15)16-8-10/h5-6,8,11H,3-4,7,9H2,1-2H3,(H3,14,15). The van der Waals surface area contributed by atoms with Gasteiger partial charge in [-0.3, -0.25) is 10.4 Å². The first kappa shape index (κ1) is 12.8. The summed E-state index contributed by atoms with van der Waals surface area (Å²) in [5, 5.41) is 7.34. The Kier molecular flexibility index (Phi) is 3.81. The SMILES string of the molecule is CN(C)CC1CCCN1c1ccc(C(=N)N)nc1. The number of rotatable bonds is 4. The number of likely N-dealkylation sites (N-methyl/N-ethyl adjacent to an activating group) is 1. The molecular formula is C13H21N5. The molecule has 1 atom stereocenters. The highest BCUT2D eigenvalue weighted by Gasteiger charge is 2.25. The second kappa shape index (κ2) is 5.35. The van der Waals surface area contributed by atoms with Crippen LogP contribution in [-0.2, 0) is 0 Å². The van der Waals surface area contributed by atoms with Crippen molar-refractivity contribution in [2.45, 2.75) is 18.9 Å². The van der Waals surface area contributed by atoms with Crippen LogP contribution in [0, 0.1) is 5.41 Å². The van der Waals surface area contributed by atoms with Gasteiger partial charge in [-0.25, -0.2) is 0 Å². The van der Waals surface area contributed by atoms with E-state index in [-0.39, 0.29) is 5.84 Å². The van der Waals surface area contributed by atoms with Crippen molar-refractivity contribution in [1.29, 1.82) is 5.41 Å². The van der Waals surface area contributed by atoms with E-state index in [1.165, 1.54) is 12.8 Å². The van der Waals surface area contributed by atoms with Gasteiger partial charge in [0.05, 0.1) is 11.9 Å². The average Bonchev–Trinajstić information content (AvgIpc) is 2.76. The molecule has 0 bridgehead atoms. The first-order valence-electron chi connectivity index (χ1n) is 6.30. The number of amidine groups is 1. The van der Waals surface area contributed by atoms with E-state index in [1.807, 2.05) is 18.3 Å². The lowest BCUT2D eigenvalue weighted by atomic mass is 10.2. The van der Waals surface area contributed by atoms with Crippen molar-refractivity contribution in [2.24, 2.45) is 5.73 Å². The van der Waals surface area contributed by atoms with E-state index in [0.717, 1.165) is 18.8 Å². The molecule has 18 heavy (non-hydrogen) atoms. The molecule has 98 valence electrons. The maximum absolute atomic E-state index is 7.34. The van der Waals surface area contributed by atoms with Crippen molar-refractivity contribution in [3.05, 3.63) is 24.0 Å². The predicted octanol–water partition coefficient (Wildman–Crippen LogP) is 0.896. The summed E-state index contributed by atoms with van der Waals surface area (Å²) < 4.78 is 0. The first-order chi connectivity index (χ1) is 8.58. The van der Waals surface area contributed by atoms with Gasteiger partial charge in [-0.05, 0) is 39.1 Å². The Bertz CT molecular complexity index is 412. The number of aromatic nitrogens is 1. The smallest absolute Gasteiger partial charge is 0.141 e. The van der Waals surface area contributed by atoms with Crippen LogP contribution in [0.15, 0.2) is 18.3 Å². The lowest BCUT2D eigenvalue weighted by molar-refractivity contribution is 0.372. The van der Waals surface area contributed by atoms with Gasteiger partial charge in [0.15, 0.2) is 0 Å². The Morgan fingerprint density at radius 1 is 1.56 bits per heavy atom. The highest BCUT2D eigenvalue weighted by atomic mass is 15.2. The maximum Gasteiger partial charge on any atom is 0.141 e. The quantitative estimate of drug-likeness (QED) is 0.612. The largest absolute Gasteiger partial charge is 0.382 e. The Morgan fingerprint density at radius 3 is 2.89 bits per heavy atom. The molecule has 0 saturated carbocycles. The van der Waals surface area contributed by atoms with E-state index >= 15 is 0 Å². The molecule has 0 spiro atoms. The molecule has 1 aliphatic heterocycles. The fraction of sp³-hybridized carbons (Fsp3) is 0.538. The summed E-state index contributed by atoms with van der Waals surface area (Å²) in [6.45, 7) is 2.15. The summed E-state index contributed by atoms with van der Waals surface area (Å²) in [5.41, 5.74) is 7.08. The molecule has 0 aromatic carbocycles. The van der Waals surface area contributed by atoms with E-state index in [4.69, 9.17) is 11.1 Å². The zero-order valence-corrected chi connectivity index (χ0v) is 11.1. The van der Waals surface area contributed by atoms with Crippen molar-refractivity contribution >= 4 is 11.5 Å². The average molecular weight is 247 g/mol. The summed E-state index contributed by atoms with van der Waals surface area (Å²) in [7, 11) is 4.21. The Balaban J connectivity index is 2.12. The number of hydrogen-bond acceptors (Lipinski definition) is 4. The number of nitrogens with zero attached hydrogens (tertiary/aromatic N) is 3. The number of nitrogens with two attached hydrogens (primary N) is 1. The van der Waals surface area contributed by atoms with Gasteiger partial charge < -0.3 is 15.5 Å². The van der Waals surface area contributed by atoms with E-state index in [0.29, 0.717) is 11.7 Å². The molecule has 3 N–H and O–H groups in total. The normalized spacial score (nSPS) is 19.5.